The van der Waals surface area contributed by atoms with Gasteiger partial charge in [0.15, 0.2) is 0 Å². The van der Waals surface area contributed by atoms with Crippen molar-refractivity contribution in [2.75, 3.05) is 23.3 Å². The zero-order chi connectivity index (χ0) is 16.0. The Balaban J connectivity index is 2.71. The number of rotatable bonds is 7. The number of nitrogens with two attached hydrogens (primary N) is 1. The van der Waals surface area contributed by atoms with Crippen molar-refractivity contribution in [3.63, 3.8) is 0 Å². The average molecular weight is 316 g/mol. The minimum Gasteiger partial charge on any atom is -0.478 e. The van der Waals surface area contributed by atoms with Crippen molar-refractivity contribution in [1.82, 2.24) is 0 Å². The summed E-state index contributed by atoms with van der Waals surface area (Å²) in [6, 6.07) is 3.68. The monoisotopic (exact) mass is 316 g/mol. The molecule has 0 bridgehead atoms. The molecule has 0 saturated carbocycles. The van der Waals surface area contributed by atoms with E-state index in [1.807, 2.05) is 0 Å². The molecule has 0 spiro atoms. The van der Waals surface area contributed by atoms with E-state index in [1.165, 1.54) is 19.2 Å². The summed E-state index contributed by atoms with van der Waals surface area (Å²) in [5, 5.41) is 8.79. The lowest BCUT2D eigenvalue weighted by Gasteiger charge is -2.10. The Morgan fingerprint density at radius 2 is 2.05 bits per heavy atom. The van der Waals surface area contributed by atoms with Crippen LogP contribution in [0.2, 0.25) is 0 Å². The number of hydrogen-bond donors (Lipinski definition) is 3. The predicted molar refractivity (Wildman–Crippen MR) is 76.5 cm³/mol. The molecule has 9 heteroatoms. The number of nitrogens with one attached hydrogen (secondary N) is 1. The van der Waals surface area contributed by atoms with Crippen LogP contribution in [0.3, 0.4) is 0 Å². The molecule has 0 fully saturated rings. The zero-order valence-corrected chi connectivity index (χ0v) is 12.1. The van der Waals surface area contributed by atoms with Crippen molar-refractivity contribution in [2.24, 2.45) is 0 Å². The van der Waals surface area contributed by atoms with Crippen LogP contribution in [0.1, 0.15) is 23.2 Å². The van der Waals surface area contributed by atoms with Gasteiger partial charge in [0, 0.05) is 6.42 Å². The molecule has 21 heavy (non-hydrogen) atoms. The van der Waals surface area contributed by atoms with Gasteiger partial charge in [-0.15, -0.1) is 0 Å². The molecule has 1 aromatic carbocycles. The Kier molecular flexibility index (Phi) is 5.53. The topological polar surface area (TPSA) is 136 Å². The Bertz CT molecular complexity index is 641. The first-order valence-corrected chi connectivity index (χ1v) is 7.60. The van der Waals surface area contributed by atoms with E-state index < -0.39 is 22.0 Å². The number of carbonyl (C=O) groups excluding carboxylic acids is 1. The number of sulfonamides is 1. The maximum atomic E-state index is 11.8. The van der Waals surface area contributed by atoms with Gasteiger partial charge < -0.3 is 15.6 Å². The maximum Gasteiger partial charge on any atom is 0.335 e. The molecule has 1 aromatic rings. The van der Waals surface area contributed by atoms with Gasteiger partial charge >= 0.3 is 11.9 Å². The van der Waals surface area contributed by atoms with Crippen molar-refractivity contribution in [1.29, 1.82) is 0 Å². The third-order valence-corrected chi connectivity index (χ3v) is 3.94. The number of ether oxygens (including phenoxy) is 1. The summed E-state index contributed by atoms with van der Waals surface area (Å²) in [4.78, 5) is 21.6. The van der Waals surface area contributed by atoms with Crippen molar-refractivity contribution >= 4 is 33.3 Å². The van der Waals surface area contributed by atoms with Crippen molar-refractivity contribution in [2.45, 2.75) is 12.8 Å². The summed E-state index contributed by atoms with van der Waals surface area (Å²) in [6.07, 6.45) is 0.0972. The quantitative estimate of drug-likeness (QED) is 0.496. The standard InChI is InChI=1S/C12H16N2O6S/c1-20-11(15)3-2-6-21(18,19)14-10-5-4-8(12(16)17)7-9(10)13/h4-5,7,14H,2-3,6,13H2,1H3,(H,16,17). The number of esters is 1. The predicted octanol–water partition coefficient (Wildman–Crippen LogP) is 0.662. The smallest absolute Gasteiger partial charge is 0.335 e. The lowest BCUT2D eigenvalue weighted by molar-refractivity contribution is -0.140. The van der Waals surface area contributed by atoms with Gasteiger partial charge in [-0.25, -0.2) is 13.2 Å². The van der Waals surface area contributed by atoms with E-state index in [0.717, 1.165) is 6.07 Å². The van der Waals surface area contributed by atoms with E-state index in [4.69, 9.17) is 10.8 Å². The Morgan fingerprint density at radius 1 is 1.38 bits per heavy atom. The highest BCUT2D eigenvalue weighted by Crippen LogP contribution is 2.21. The van der Waals surface area contributed by atoms with E-state index in [2.05, 4.69) is 9.46 Å². The molecule has 0 saturated heterocycles. The van der Waals surface area contributed by atoms with Crippen LogP contribution in [0.5, 0.6) is 0 Å². The second kappa shape index (κ2) is 6.93. The number of hydrogen-bond acceptors (Lipinski definition) is 6. The lowest BCUT2D eigenvalue weighted by Crippen LogP contribution is -2.18. The second-order valence-electron chi connectivity index (χ2n) is 4.21. The minimum atomic E-state index is -3.68. The third-order valence-electron chi connectivity index (χ3n) is 2.59. The van der Waals surface area contributed by atoms with Crippen LogP contribution < -0.4 is 10.5 Å². The fraction of sp³-hybridized carbons (Fsp3) is 0.333. The van der Waals surface area contributed by atoms with Crippen LogP contribution in [-0.4, -0.2) is 38.3 Å². The first-order valence-electron chi connectivity index (χ1n) is 5.95. The van der Waals surface area contributed by atoms with Gasteiger partial charge in [0.2, 0.25) is 10.0 Å². The Labute approximate surface area is 122 Å². The zero-order valence-electron chi connectivity index (χ0n) is 11.3. The second-order valence-corrected chi connectivity index (χ2v) is 6.05. The molecular weight excluding hydrogens is 300 g/mol. The van der Waals surface area contributed by atoms with E-state index >= 15 is 0 Å². The minimum absolute atomic E-state index is 0.00597. The summed E-state index contributed by atoms with van der Waals surface area (Å²) in [5.41, 5.74) is 5.66. The van der Waals surface area contributed by atoms with Gasteiger partial charge in [0.05, 0.1) is 29.8 Å². The molecule has 0 atom stereocenters. The molecule has 0 aliphatic rings. The highest BCUT2D eigenvalue weighted by molar-refractivity contribution is 7.92. The van der Waals surface area contributed by atoms with Crippen molar-refractivity contribution in [3.8, 4) is 0 Å². The molecule has 0 heterocycles. The van der Waals surface area contributed by atoms with Crippen LogP contribution in [0.15, 0.2) is 18.2 Å². The summed E-state index contributed by atoms with van der Waals surface area (Å²) in [7, 11) is -2.46. The molecule has 0 amide bonds. The fourth-order valence-corrected chi connectivity index (χ4v) is 2.66. The van der Waals surface area contributed by atoms with Crippen LogP contribution in [0.25, 0.3) is 0 Å². The number of aromatic carboxylic acids is 1. The van der Waals surface area contributed by atoms with Crippen LogP contribution in [0.4, 0.5) is 11.4 Å². The largest absolute Gasteiger partial charge is 0.478 e. The molecular formula is C12H16N2O6S. The van der Waals surface area contributed by atoms with Gasteiger partial charge in [-0.3, -0.25) is 9.52 Å². The number of anilines is 2. The van der Waals surface area contributed by atoms with Gasteiger partial charge in [-0.1, -0.05) is 0 Å². The SMILES string of the molecule is COC(=O)CCCS(=O)(=O)Nc1ccc(C(=O)O)cc1N. The number of carbonyl (C=O) groups is 2. The number of methoxy groups -OCH3 is 1. The molecule has 8 nitrogen and oxygen atoms in total. The van der Waals surface area contributed by atoms with E-state index in [1.54, 1.807) is 0 Å². The van der Waals surface area contributed by atoms with Gasteiger partial charge in [-0.05, 0) is 24.6 Å². The number of carboxylic acids is 1. The lowest BCUT2D eigenvalue weighted by atomic mass is 10.2. The molecule has 0 aliphatic carbocycles. The molecule has 0 aliphatic heterocycles. The summed E-state index contributed by atoms with van der Waals surface area (Å²) >= 11 is 0. The number of nitrogen functional groups attached to an aromatic ring is 1. The van der Waals surface area contributed by atoms with Crippen molar-refractivity contribution < 1.29 is 27.9 Å². The highest BCUT2D eigenvalue weighted by Gasteiger charge is 2.14. The molecule has 0 radical (unpaired) electrons. The average Bonchev–Trinajstić information content (AvgIpc) is 2.40. The number of carboxylic acid groups (broad SMARTS) is 1. The van der Waals surface area contributed by atoms with Crippen molar-refractivity contribution in [3.05, 3.63) is 23.8 Å². The summed E-state index contributed by atoms with van der Waals surface area (Å²) < 4.78 is 30.3. The van der Waals surface area contributed by atoms with Crippen LogP contribution in [-0.2, 0) is 19.6 Å². The summed E-state index contributed by atoms with van der Waals surface area (Å²) in [6.45, 7) is 0. The van der Waals surface area contributed by atoms with E-state index in [9.17, 15) is 18.0 Å². The molecule has 4 N–H and O–H groups in total. The highest BCUT2D eigenvalue weighted by atomic mass is 32.2. The molecule has 0 aromatic heterocycles. The van der Waals surface area contributed by atoms with Gasteiger partial charge in [0.25, 0.3) is 0 Å². The Hall–Kier alpha value is -2.29. The first-order chi connectivity index (χ1) is 9.75. The molecule has 116 valence electrons. The van der Waals surface area contributed by atoms with Crippen LogP contribution in [0, 0.1) is 0 Å². The van der Waals surface area contributed by atoms with Gasteiger partial charge in [0.1, 0.15) is 0 Å². The number of benzene rings is 1. The van der Waals surface area contributed by atoms with E-state index in [-0.39, 0.29) is 35.5 Å². The van der Waals surface area contributed by atoms with Crippen LogP contribution >= 0.6 is 0 Å². The third kappa shape index (κ3) is 5.30. The molecule has 0 unspecified atom stereocenters. The summed E-state index contributed by atoms with van der Waals surface area (Å²) in [5.74, 6) is -1.92. The van der Waals surface area contributed by atoms with E-state index in [0.29, 0.717) is 0 Å². The Morgan fingerprint density at radius 3 is 2.57 bits per heavy atom. The maximum absolute atomic E-state index is 11.8. The molecule has 1 rings (SSSR count). The van der Waals surface area contributed by atoms with Gasteiger partial charge in [-0.2, -0.15) is 0 Å². The first kappa shape index (κ1) is 16.8. The normalized spacial score (nSPS) is 10.9. The fourth-order valence-electron chi connectivity index (χ4n) is 1.52.